The molecule has 1 unspecified atom stereocenters. The number of aryl methyl sites for hydroxylation is 1. The molecule has 2 aliphatic rings. The summed E-state index contributed by atoms with van der Waals surface area (Å²) in [5.74, 6) is 0. The van der Waals surface area contributed by atoms with E-state index in [-0.39, 0.29) is 6.03 Å². The molecule has 8 heteroatoms. The topological polar surface area (TPSA) is 84.3 Å². The fourth-order valence-corrected chi connectivity index (χ4v) is 5.05. The number of likely N-dealkylation sites (N-methyl/N-ethyl adjacent to an activating group) is 2. The molecule has 1 aliphatic heterocycles. The van der Waals surface area contributed by atoms with Crippen molar-refractivity contribution < 1.29 is 4.79 Å². The number of pyridine rings is 1. The van der Waals surface area contributed by atoms with Crippen LogP contribution in [-0.4, -0.2) is 53.4 Å². The van der Waals surface area contributed by atoms with Crippen LogP contribution in [0.1, 0.15) is 36.1 Å². The fraction of sp³-hybridized carbons (Fsp3) is 0.435. The van der Waals surface area contributed by atoms with E-state index in [0.717, 1.165) is 49.2 Å². The van der Waals surface area contributed by atoms with Gasteiger partial charge in [0.05, 0.1) is 5.69 Å². The van der Waals surface area contributed by atoms with Crippen LogP contribution in [0.2, 0.25) is 0 Å². The second kappa shape index (κ2) is 9.69. The first-order valence-electron chi connectivity index (χ1n) is 10.7. The average molecular weight is 437 g/mol. The highest BCUT2D eigenvalue weighted by atomic mass is 32.2. The summed E-state index contributed by atoms with van der Waals surface area (Å²) in [6, 6.07) is 10.2. The van der Waals surface area contributed by atoms with Crippen LogP contribution in [0.4, 0.5) is 10.5 Å². The molecule has 1 aromatic heterocycles. The number of hydrogen-bond donors (Lipinski definition) is 2. The number of benzene rings is 1. The first kappa shape index (κ1) is 21.6. The number of fused-ring (bicyclic) bond motifs is 1. The number of aromatic nitrogens is 1. The lowest BCUT2D eigenvalue weighted by molar-refractivity contribution is 0.256. The number of nitrogens with one attached hydrogen (secondary N) is 2. The van der Waals surface area contributed by atoms with Crippen molar-refractivity contribution in [3.8, 4) is 17.2 Å². The van der Waals surface area contributed by atoms with Crippen LogP contribution in [0, 0.1) is 11.3 Å². The van der Waals surface area contributed by atoms with E-state index in [1.165, 1.54) is 36.1 Å². The van der Waals surface area contributed by atoms with Gasteiger partial charge < -0.3 is 10.2 Å². The van der Waals surface area contributed by atoms with Crippen LogP contribution in [0.5, 0.6) is 0 Å². The van der Waals surface area contributed by atoms with Gasteiger partial charge in [0.25, 0.3) is 0 Å². The van der Waals surface area contributed by atoms with E-state index >= 15 is 0 Å². The van der Waals surface area contributed by atoms with E-state index in [4.69, 9.17) is 0 Å². The summed E-state index contributed by atoms with van der Waals surface area (Å²) < 4.78 is 5.00. The third-order valence-electron chi connectivity index (χ3n) is 6.14. The molecule has 1 fully saturated rings. The third-order valence-corrected chi connectivity index (χ3v) is 6.88. The lowest BCUT2D eigenvalue weighted by Crippen LogP contribution is -2.36. The Labute approximate surface area is 188 Å². The van der Waals surface area contributed by atoms with Gasteiger partial charge in [-0.15, -0.1) is 0 Å². The summed E-state index contributed by atoms with van der Waals surface area (Å²) in [5, 5.41) is 12.3. The summed E-state index contributed by atoms with van der Waals surface area (Å²) in [6.07, 6.45) is 7.12. The predicted octanol–water partition coefficient (Wildman–Crippen LogP) is 3.82. The van der Waals surface area contributed by atoms with E-state index in [2.05, 4.69) is 43.4 Å². The molecule has 1 atom stereocenters. The fourth-order valence-electron chi connectivity index (χ4n) is 4.51. The van der Waals surface area contributed by atoms with Gasteiger partial charge in [-0.3, -0.25) is 4.72 Å². The highest BCUT2D eigenvalue weighted by molar-refractivity contribution is 7.95. The van der Waals surface area contributed by atoms with Gasteiger partial charge in [0, 0.05) is 36.5 Å². The van der Waals surface area contributed by atoms with E-state index in [0.29, 0.717) is 11.7 Å². The minimum atomic E-state index is -0.243. The van der Waals surface area contributed by atoms with Crippen LogP contribution in [0.25, 0.3) is 11.1 Å². The van der Waals surface area contributed by atoms with Gasteiger partial charge in [-0.2, -0.15) is 5.26 Å². The number of carbonyl (C=O) groups is 1. The molecule has 7 nitrogen and oxygen atoms in total. The summed E-state index contributed by atoms with van der Waals surface area (Å²) in [6.45, 7) is 2.04. The number of likely N-dealkylation sites (tertiary alicyclic amines) is 1. The molecule has 0 bridgehead atoms. The molecule has 1 aliphatic carbocycles. The highest BCUT2D eigenvalue weighted by Crippen LogP contribution is 2.37. The zero-order chi connectivity index (χ0) is 21.8. The van der Waals surface area contributed by atoms with Gasteiger partial charge in [0.2, 0.25) is 0 Å². The molecule has 2 heterocycles. The van der Waals surface area contributed by atoms with Crippen molar-refractivity contribution in [2.24, 2.45) is 0 Å². The van der Waals surface area contributed by atoms with Crippen molar-refractivity contribution in [2.75, 3.05) is 32.5 Å². The molecule has 31 heavy (non-hydrogen) atoms. The Morgan fingerprint density at radius 3 is 3.00 bits per heavy atom. The van der Waals surface area contributed by atoms with Gasteiger partial charge in [-0.25, -0.2) is 14.1 Å². The number of carbonyl (C=O) groups excluding carboxylic acids is 1. The maximum atomic E-state index is 12.8. The zero-order valence-corrected chi connectivity index (χ0v) is 18.8. The van der Waals surface area contributed by atoms with Crippen molar-refractivity contribution in [2.45, 2.75) is 38.1 Å². The lowest BCUT2D eigenvalue weighted by Gasteiger charge is -2.24. The Bertz CT molecular complexity index is 1000. The molecule has 2 N–H and O–H groups in total. The first-order valence-corrected chi connectivity index (χ1v) is 11.5. The SMILES string of the molecule is CN(CC1CCCN1C)SNC(=O)Nc1c(-c2ccnc(C#N)c2)ccc2c1CCC2. The smallest absolute Gasteiger partial charge is 0.306 e. The molecule has 1 saturated heterocycles. The molecule has 0 radical (unpaired) electrons. The number of nitrogens with zero attached hydrogens (tertiary/aromatic N) is 4. The third kappa shape index (κ3) is 5.01. The van der Waals surface area contributed by atoms with Crippen LogP contribution in [0.3, 0.4) is 0 Å². The Morgan fingerprint density at radius 1 is 1.35 bits per heavy atom. The summed E-state index contributed by atoms with van der Waals surface area (Å²) in [7, 11) is 4.16. The molecule has 2 aromatic rings. The standard InChI is InChI=1S/C23H28N6OS/c1-28-12-4-6-19(28)15-29(2)31-27-23(30)26-22-20-7-3-5-16(20)8-9-21(22)17-10-11-25-18(13-17)14-24/h8-11,13,19H,3-7,12,15H2,1-2H3,(H2,26,27,30). The largest absolute Gasteiger partial charge is 0.330 e. The molecular weight excluding hydrogens is 408 g/mol. The second-order valence-corrected chi connectivity index (χ2v) is 9.27. The average Bonchev–Trinajstić information content (AvgIpc) is 3.42. The van der Waals surface area contributed by atoms with Gasteiger partial charge in [-0.05, 0) is 81.6 Å². The minimum Gasteiger partial charge on any atom is -0.306 e. The monoisotopic (exact) mass is 436 g/mol. The number of anilines is 1. The van der Waals surface area contributed by atoms with E-state index in [9.17, 15) is 10.1 Å². The van der Waals surface area contributed by atoms with Crippen LogP contribution in [0.15, 0.2) is 30.5 Å². The van der Waals surface area contributed by atoms with Crippen LogP contribution < -0.4 is 10.0 Å². The van der Waals surface area contributed by atoms with E-state index in [1.54, 1.807) is 12.3 Å². The minimum absolute atomic E-state index is 0.243. The van der Waals surface area contributed by atoms with Crippen molar-refractivity contribution in [3.63, 3.8) is 0 Å². The predicted molar refractivity (Wildman–Crippen MR) is 124 cm³/mol. The lowest BCUT2D eigenvalue weighted by atomic mass is 9.97. The number of nitriles is 1. The van der Waals surface area contributed by atoms with Crippen molar-refractivity contribution in [3.05, 3.63) is 47.3 Å². The molecular formula is C23H28N6OS. The Morgan fingerprint density at radius 2 is 2.23 bits per heavy atom. The number of hydrogen-bond acceptors (Lipinski definition) is 6. The first-order chi connectivity index (χ1) is 15.0. The zero-order valence-electron chi connectivity index (χ0n) is 18.0. The van der Waals surface area contributed by atoms with Crippen molar-refractivity contribution in [1.82, 2.24) is 18.9 Å². The number of urea groups is 1. The second-order valence-electron chi connectivity index (χ2n) is 8.26. The van der Waals surface area contributed by atoms with Crippen LogP contribution in [-0.2, 0) is 12.8 Å². The molecule has 1 aromatic carbocycles. The highest BCUT2D eigenvalue weighted by Gasteiger charge is 2.23. The summed E-state index contributed by atoms with van der Waals surface area (Å²) >= 11 is 1.33. The molecule has 2 amide bonds. The molecule has 0 saturated carbocycles. The van der Waals surface area contributed by atoms with Gasteiger partial charge in [0.1, 0.15) is 11.8 Å². The Kier molecular flexibility index (Phi) is 6.76. The summed E-state index contributed by atoms with van der Waals surface area (Å²) in [4.78, 5) is 19.2. The Hall–Kier alpha value is -2.60. The maximum Gasteiger partial charge on any atom is 0.330 e. The Balaban J connectivity index is 1.47. The molecule has 162 valence electrons. The molecule has 4 rings (SSSR count). The number of amides is 2. The van der Waals surface area contributed by atoms with E-state index in [1.807, 2.05) is 19.2 Å². The van der Waals surface area contributed by atoms with Gasteiger partial charge in [0.15, 0.2) is 0 Å². The number of rotatable bonds is 6. The molecule has 0 spiro atoms. The van der Waals surface area contributed by atoms with Crippen molar-refractivity contribution >= 4 is 23.9 Å². The normalized spacial score (nSPS) is 18.1. The quantitative estimate of drug-likeness (QED) is 0.670. The maximum absolute atomic E-state index is 12.8. The van der Waals surface area contributed by atoms with Gasteiger partial charge >= 0.3 is 6.03 Å². The van der Waals surface area contributed by atoms with Crippen molar-refractivity contribution in [1.29, 1.82) is 5.26 Å². The van der Waals surface area contributed by atoms with Crippen LogP contribution >= 0.6 is 12.1 Å². The summed E-state index contributed by atoms with van der Waals surface area (Å²) in [5.41, 5.74) is 5.46. The van der Waals surface area contributed by atoms with Gasteiger partial charge in [-0.1, -0.05) is 12.1 Å². The van der Waals surface area contributed by atoms with E-state index < -0.39 is 0 Å².